The molecule has 1 saturated heterocycles. The van der Waals surface area contributed by atoms with Crippen molar-refractivity contribution in [2.24, 2.45) is 0 Å². The molecule has 8 nitrogen and oxygen atoms in total. The molecule has 8 heteroatoms. The Morgan fingerprint density at radius 1 is 1.18 bits per heavy atom. The third-order valence-corrected chi connectivity index (χ3v) is 3.30. The summed E-state index contributed by atoms with van der Waals surface area (Å²) in [5, 5.41) is 19.6. The third kappa shape index (κ3) is 3.46. The molecule has 1 atom stereocenters. The normalized spacial score (nSPS) is 17.9. The number of rotatable bonds is 3. The molecule has 1 aliphatic heterocycles. The molecule has 0 aromatic heterocycles. The minimum atomic E-state index is -1.50. The van der Waals surface area contributed by atoms with Gasteiger partial charge in [-0.15, -0.1) is 0 Å². The highest BCUT2D eigenvalue weighted by molar-refractivity contribution is 5.81. The second kappa shape index (κ2) is 6.79. The minimum Gasteiger partial charge on any atom is -0.480 e. The molecule has 1 aromatic carbocycles. The molecule has 1 fully saturated rings. The van der Waals surface area contributed by atoms with Crippen LogP contribution in [0.25, 0.3) is 0 Å². The summed E-state index contributed by atoms with van der Waals surface area (Å²) in [6, 6.07) is 7.63. The number of carbonyl (C=O) groups is 3. The van der Waals surface area contributed by atoms with E-state index in [0.29, 0.717) is 11.4 Å². The summed E-state index contributed by atoms with van der Waals surface area (Å²) in [6.45, 7) is 0.0884. The predicted octanol–water partition coefficient (Wildman–Crippen LogP) is 1.77. The van der Waals surface area contributed by atoms with Gasteiger partial charge in [-0.2, -0.15) is 5.01 Å². The van der Waals surface area contributed by atoms with Crippen LogP contribution in [0.4, 0.5) is 9.59 Å². The van der Waals surface area contributed by atoms with Crippen LogP contribution < -0.4 is 0 Å². The molecule has 1 aromatic rings. The Balaban J connectivity index is 2.06. The Labute approximate surface area is 126 Å². The van der Waals surface area contributed by atoms with Gasteiger partial charge in [0.15, 0.2) is 6.04 Å². The summed E-state index contributed by atoms with van der Waals surface area (Å²) < 4.78 is 5.07. The van der Waals surface area contributed by atoms with E-state index in [1.165, 1.54) is 0 Å². The molecule has 0 bridgehead atoms. The van der Waals surface area contributed by atoms with Gasteiger partial charge in [0, 0.05) is 6.54 Å². The molecule has 2 N–H and O–H groups in total. The van der Waals surface area contributed by atoms with Crippen LogP contribution in [-0.2, 0) is 16.1 Å². The van der Waals surface area contributed by atoms with Crippen LogP contribution in [0.5, 0.6) is 0 Å². The number of hydrogen-bond acceptors (Lipinski definition) is 4. The van der Waals surface area contributed by atoms with Crippen LogP contribution >= 0.6 is 0 Å². The molecular weight excluding hydrogens is 292 g/mol. The van der Waals surface area contributed by atoms with Gasteiger partial charge in [0.2, 0.25) is 0 Å². The molecular formula is C14H16N2O6. The van der Waals surface area contributed by atoms with Gasteiger partial charge in [-0.25, -0.2) is 19.4 Å². The lowest BCUT2D eigenvalue weighted by Gasteiger charge is -2.39. The third-order valence-electron chi connectivity index (χ3n) is 3.30. The van der Waals surface area contributed by atoms with Crippen molar-refractivity contribution in [3.8, 4) is 0 Å². The smallest absolute Gasteiger partial charge is 0.429 e. The quantitative estimate of drug-likeness (QED) is 0.881. The Kier molecular flexibility index (Phi) is 4.82. The largest absolute Gasteiger partial charge is 0.480 e. The molecule has 1 unspecified atom stereocenters. The number of nitrogens with zero attached hydrogens (tertiary/aromatic N) is 2. The summed E-state index contributed by atoms with van der Waals surface area (Å²) in [5.41, 5.74) is 0.754. The Bertz CT molecular complexity index is 562. The van der Waals surface area contributed by atoms with Gasteiger partial charge in [-0.05, 0) is 18.4 Å². The fourth-order valence-corrected chi connectivity index (χ4v) is 2.27. The molecule has 1 heterocycles. The van der Waals surface area contributed by atoms with Crippen LogP contribution in [0.3, 0.4) is 0 Å². The maximum Gasteiger partial charge on any atom is 0.429 e. The number of amides is 2. The SMILES string of the molecule is O=C(O)C1CCCN(C(=O)OCc2ccccc2)N1C(=O)O. The van der Waals surface area contributed by atoms with Crippen LogP contribution in [0.1, 0.15) is 18.4 Å². The van der Waals surface area contributed by atoms with Crippen LogP contribution in [0, 0.1) is 0 Å². The van der Waals surface area contributed by atoms with Gasteiger partial charge < -0.3 is 14.9 Å². The molecule has 0 aliphatic carbocycles. The van der Waals surface area contributed by atoms with E-state index in [0.717, 1.165) is 10.6 Å². The molecule has 2 rings (SSSR count). The number of carboxylic acid groups (broad SMARTS) is 2. The van der Waals surface area contributed by atoms with Crippen molar-refractivity contribution in [3.05, 3.63) is 35.9 Å². The molecule has 0 spiro atoms. The average molecular weight is 308 g/mol. The van der Waals surface area contributed by atoms with Crippen molar-refractivity contribution >= 4 is 18.2 Å². The van der Waals surface area contributed by atoms with E-state index >= 15 is 0 Å². The number of aliphatic carboxylic acids is 1. The Hall–Kier alpha value is -2.77. The second-order valence-electron chi connectivity index (χ2n) is 4.79. The lowest BCUT2D eigenvalue weighted by atomic mass is 10.1. The highest BCUT2D eigenvalue weighted by Crippen LogP contribution is 2.20. The van der Waals surface area contributed by atoms with Gasteiger partial charge in [0.1, 0.15) is 6.61 Å². The summed E-state index contributed by atoms with van der Waals surface area (Å²) in [7, 11) is 0. The number of hydrogen-bond donors (Lipinski definition) is 2. The van der Waals surface area contributed by atoms with Gasteiger partial charge in [0.25, 0.3) is 0 Å². The van der Waals surface area contributed by atoms with E-state index in [4.69, 9.17) is 9.84 Å². The fourth-order valence-electron chi connectivity index (χ4n) is 2.27. The summed E-state index contributed by atoms with van der Waals surface area (Å²) in [4.78, 5) is 34.5. The zero-order valence-electron chi connectivity index (χ0n) is 11.7. The van der Waals surface area contributed by atoms with Crippen LogP contribution in [0.15, 0.2) is 30.3 Å². The average Bonchev–Trinajstić information content (AvgIpc) is 2.52. The zero-order chi connectivity index (χ0) is 16.1. The lowest BCUT2D eigenvalue weighted by Crippen LogP contribution is -2.59. The van der Waals surface area contributed by atoms with E-state index in [1.54, 1.807) is 24.3 Å². The van der Waals surface area contributed by atoms with E-state index in [-0.39, 0.29) is 19.6 Å². The molecule has 0 radical (unpaired) electrons. The Morgan fingerprint density at radius 3 is 2.45 bits per heavy atom. The first kappa shape index (κ1) is 15.6. The standard InChI is InChI=1S/C14H16N2O6/c17-12(18)11-7-4-8-15(16(11)13(19)20)14(21)22-9-10-5-2-1-3-6-10/h1-3,5-6,11H,4,7-9H2,(H,17,18)(H,19,20). The van der Waals surface area contributed by atoms with Gasteiger partial charge in [0.05, 0.1) is 0 Å². The zero-order valence-corrected chi connectivity index (χ0v) is 11.7. The van der Waals surface area contributed by atoms with Crippen molar-refractivity contribution < 1.29 is 29.3 Å². The number of ether oxygens (including phenoxy) is 1. The second-order valence-corrected chi connectivity index (χ2v) is 4.79. The van der Waals surface area contributed by atoms with Gasteiger partial charge in [-0.3, -0.25) is 0 Å². The molecule has 22 heavy (non-hydrogen) atoms. The maximum absolute atomic E-state index is 12.1. The van der Waals surface area contributed by atoms with Crippen LogP contribution in [0.2, 0.25) is 0 Å². The summed E-state index contributed by atoms with van der Waals surface area (Å²) in [5.74, 6) is -1.29. The molecule has 1 aliphatic rings. The van der Waals surface area contributed by atoms with E-state index in [9.17, 15) is 19.5 Å². The highest BCUT2D eigenvalue weighted by atomic mass is 16.6. The van der Waals surface area contributed by atoms with Crippen molar-refractivity contribution in [2.75, 3.05) is 6.54 Å². The molecule has 118 valence electrons. The van der Waals surface area contributed by atoms with Crippen molar-refractivity contribution in [1.82, 2.24) is 10.0 Å². The molecule has 0 saturated carbocycles. The first-order valence-corrected chi connectivity index (χ1v) is 6.74. The van der Waals surface area contributed by atoms with E-state index in [2.05, 4.69) is 0 Å². The lowest BCUT2D eigenvalue weighted by molar-refractivity contribution is -0.152. The molecule has 2 amide bonds. The van der Waals surface area contributed by atoms with Crippen molar-refractivity contribution in [3.63, 3.8) is 0 Å². The predicted molar refractivity (Wildman–Crippen MR) is 73.9 cm³/mol. The first-order valence-electron chi connectivity index (χ1n) is 6.74. The van der Waals surface area contributed by atoms with Crippen molar-refractivity contribution in [2.45, 2.75) is 25.5 Å². The number of benzene rings is 1. The highest BCUT2D eigenvalue weighted by Gasteiger charge is 2.40. The van der Waals surface area contributed by atoms with E-state index in [1.807, 2.05) is 6.07 Å². The monoisotopic (exact) mass is 308 g/mol. The Morgan fingerprint density at radius 2 is 1.86 bits per heavy atom. The first-order chi connectivity index (χ1) is 10.5. The maximum atomic E-state index is 12.1. The topological polar surface area (TPSA) is 107 Å². The van der Waals surface area contributed by atoms with Crippen LogP contribution in [-0.4, -0.2) is 51.0 Å². The summed E-state index contributed by atoms with van der Waals surface area (Å²) >= 11 is 0. The van der Waals surface area contributed by atoms with Crippen molar-refractivity contribution in [1.29, 1.82) is 0 Å². The number of carboxylic acids is 1. The van der Waals surface area contributed by atoms with Gasteiger partial charge in [-0.1, -0.05) is 30.3 Å². The minimum absolute atomic E-state index is 0.0125. The fraction of sp³-hybridized carbons (Fsp3) is 0.357. The number of carbonyl (C=O) groups excluding carboxylic acids is 1. The van der Waals surface area contributed by atoms with E-state index < -0.39 is 24.2 Å². The summed E-state index contributed by atoms with van der Waals surface area (Å²) in [6.07, 6.45) is -1.83. The number of hydrazine groups is 1. The van der Waals surface area contributed by atoms with Gasteiger partial charge >= 0.3 is 18.2 Å².